The second-order valence-corrected chi connectivity index (χ2v) is 1.54. The summed E-state index contributed by atoms with van der Waals surface area (Å²) in [6.45, 7) is 0. The van der Waals surface area contributed by atoms with Gasteiger partial charge < -0.3 is 29.8 Å². The van der Waals surface area contributed by atoms with Crippen molar-refractivity contribution in [3.05, 3.63) is 0 Å². The molecule has 0 rings (SSSR count). The van der Waals surface area contributed by atoms with E-state index in [0.29, 0.717) is 0 Å². The van der Waals surface area contributed by atoms with E-state index in [1.807, 2.05) is 0 Å². The molecular formula is H11K2N2O4P. The molecule has 0 heterocycles. The van der Waals surface area contributed by atoms with E-state index in [0.717, 1.165) is 0 Å². The Kier molecular flexibility index (Phi) is 45.4. The summed E-state index contributed by atoms with van der Waals surface area (Å²) in [5.74, 6) is 0. The summed E-state index contributed by atoms with van der Waals surface area (Å²) in [4.78, 5) is 21.6. The summed E-state index contributed by atoms with van der Waals surface area (Å²) in [6, 6.07) is 0. The molecule has 0 aliphatic heterocycles. The minimum absolute atomic E-state index is 0. The molecule has 9 heavy (non-hydrogen) atoms. The van der Waals surface area contributed by atoms with Gasteiger partial charge in [-0.2, -0.15) is 0 Å². The topological polar surface area (TPSA) is 148 Å². The summed E-state index contributed by atoms with van der Waals surface area (Å²) in [5, 5.41) is 0. The Balaban J connectivity index is -0.00000000533. The van der Waals surface area contributed by atoms with Crippen LogP contribution in [0.15, 0.2) is 0 Å². The fraction of sp³-hybridized carbons (Fsp3) is 0. The monoisotopic (exact) mass is 212 g/mol. The average Bonchev–Trinajstić information content (AvgIpc) is 0.722. The Morgan fingerprint density at radius 3 is 1.00 bits per heavy atom. The predicted molar refractivity (Wildman–Crippen MR) is 26.5 cm³/mol. The van der Waals surface area contributed by atoms with Crippen molar-refractivity contribution in [2.45, 2.75) is 0 Å². The molecule has 0 saturated heterocycles. The van der Waals surface area contributed by atoms with Crippen molar-refractivity contribution in [3.63, 3.8) is 0 Å². The molecule has 0 aromatic heterocycles. The van der Waals surface area contributed by atoms with Gasteiger partial charge in [-0.1, -0.05) is 0 Å². The maximum absolute atomic E-state index is 8.88. The third kappa shape index (κ3) is 89.7. The van der Waals surface area contributed by atoms with Crippen LogP contribution in [0.25, 0.3) is 0 Å². The Morgan fingerprint density at radius 2 is 1.00 bits per heavy atom. The van der Waals surface area contributed by atoms with Crippen LogP contribution in [-0.2, 0) is 4.57 Å². The number of phosphoric acid groups is 1. The van der Waals surface area contributed by atoms with Crippen molar-refractivity contribution < 1.29 is 125 Å². The molecule has 6 nitrogen and oxygen atoms in total. The van der Waals surface area contributed by atoms with Crippen LogP contribution in [0.5, 0.6) is 0 Å². The zero-order valence-corrected chi connectivity index (χ0v) is 12.8. The molecule has 0 aliphatic carbocycles. The molecule has 0 atom stereocenters. The molecule has 52 valence electrons. The van der Waals surface area contributed by atoms with Crippen molar-refractivity contribution >= 4 is 7.82 Å². The van der Waals surface area contributed by atoms with E-state index in [-0.39, 0.29) is 118 Å². The minimum Gasteiger partial charge on any atom is -1.00 e. The Bertz CT molecular complexity index is 70.2. The average molecular weight is 212 g/mol. The van der Waals surface area contributed by atoms with E-state index in [2.05, 4.69) is 0 Å². The molecule has 0 bridgehead atoms. The van der Waals surface area contributed by atoms with E-state index in [1.165, 1.54) is 0 Å². The van der Waals surface area contributed by atoms with E-state index < -0.39 is 7.82 Å². The third-order valence-corrected chi connectivity index (χ3v) is 0. The van der Waals surface area contributed by atoms with Crippen LogP contribution in [-0.4, -0.2) is 14.7 Å². The van der Waals surface area contributed by atoms with Gasteiger partial charge in [-0.3, -0.25) is 0 Å². The van der Waals surface area contributed by atoms with Crippen LogP contribution in [0.1, 0.15) is 2.85 Å². The number of hydrogen-bond donors (Lipinski definition) is 5. The molecule has 0 aliphatic rings. The number of hydrogen-bond acceptors (Lipinski definition) is 3. The Morgan fingerprint density at radius 1 is 1.00 bits per heavy atom. The van der Waals surface area contributed by atoms with Gasteiger partial charge in [-0.05, 0) is 0 Å². The molecular weight excluding hydrogens is 201 g/mol. The van der Waals surface area contributed by atoms with Gasteiger partial charge in [-0.25, -0.2) is 4.57 Å². The first-order valence-corrected chi connectivity index (χ1v) is 2.35. The van der Waals surface area contributed by atoms with Crippen LogP contribution < -0.4 is 115 Å². The van der Waals surface area contributed by atoms with E-state index in [9.17, 15) is 0 Å². The fourth-order valence-electron chi connectivity index (χ4n) is 0. The standard InChI is InChI=1S/2K.2H3N.H3O4P.2H/c;;;;1-5(2,3)4;;/h;;2*1H3;(H3,1,2,3,4);;/q2*+1;;;;2*-1. The quantitative estimate of drug-likeness (QED) is 0.199. The maximum Gasteiger partial charge on any atom is 1.00 e. The van der Waals surface area contributed by atoms with Gasteiger partial charge in [0.25, 0.3) is 0 Å². The molecule has 0 unspecified atom stereocenters. The van der Waals surface area contributed by atoms with Crippen LogP contribution in [0.3, 0.4) is 0 Å². The van der Waals surface area contributed by atoms with Gasteiger partial charge in [-0.15, -0.1) is 0 Å². The summed E-state index contributed by atoms with van der Waals surface area (Å²) in [6.07, 6.45) is 0. The van der Waals surface area contributed by atoms with Gasteiger partial charge in [0.15, 0.2) is 0 Å². The SMILES string of the molecule is N.N.O=P(O)(O)O.[H-].[H-].[K+].[K+]. The first-order chi connectivity index (χ1) is 2.00. The predicted octanol–water partition coefficient (Wildman–Crippen LogP) is -6.37. The molecule has 0 fully saturated rings. The van der Waals surface area contributed by atoms with Crippen molar-refractivity contribution in [1.82, 2.24) is 12.3 Å². The zero-order chi connectivity index (χ0) is 4.50. The van der Waals surface area contributed by atoms with Crippen LogP contribution in [0.2, 0.25) is 0 Å². The summed E-state index contributed by atoms with van der Waals surface area (Å²) >= 11 is 0. The second-order valence-electron chi connectivity index (χ2n) is 0.513. The summed E-state index contributed by atoms with van der Waals surface area (Å²) in [5.41, 5.74) is 0. The van der Waals surface area contributed by atoms with Crippen LogP contribution in [0, 0.1) is 0 Å². The van der Waals surface area contributed by atoms with Crippen molar-refractivity contribution in [2.75, 3.05) is 0 Å². The van der Waals surface area contributed by atoms with Crippen LogP contribution in [0.4, 0.5) is 0 Å². The molecule has 0 saturated carbocycles. The first kappa shape index (κ1) is 29.5. The zero-order valence-electron chi connectivity index (χ0n) is 7.61. The van der Waals surface area contributed by atoms with Crippen LogP contribution >= 0.6 is 7.82 Å². The van der Waals surface area contributed by atoms with Crippen molar-refractivity contribution in [1.29, 1.82) is 0 Å². The molecule has 0 aromatic carbocycles. The normalized spacial score (nSPS) is 6.56. The molecule has 0 aromatic rings. The first-order valence-electron chi connectivity index (χ1n) is 0.783. The fourth-order valence-corrected chi connectivity index (χ4v) is 0. The van der Waals surface area contributed by atoms with E-state index in [1.54, 1.807) is 0 Å². The molecule has 0 amide bonds. The summed E-state index contributed by atoms with van der Waals surface area (Å²) < 4.78 is 8.88. The van der Waals surface area contributed by atoms with Gasteiger partial charge in [0.05, 0.1) is 0 Å². The molecule has 9 heteroatoms. The van der Waals surface area contributed by atoms with Gasteiger partial charge in [0, 0.05) is 0 Å². The van der Waals surface area contributed by atoms with E-state index in [4.69, 9.17) is 19.2 Å². The molecule has 9 N–H and O–H groups in total. The van der Waals surface area contributed by atoms with Gasteiger partial charge in [0.1, 0.15) is 0 Å². The summed E-state index contributed by atoms with van der Waals surface area (Å²) in [7, 11) is -4.64. The van der Waals surface area contributed by atoms with Gasteiger partial charge >= 0.3 is 111 Å². The molecule has 0 spiro atoms. The third-order valence-electron chi connectivity index (χ3n) is 0. The van der Waals surface area contributed by atoms with Gasteiger partial charge in [0.2, 0.25) is 0 Å². The largest absolute Gasteiger partial charge is 1.00 e. The smallest absolute Gasteiger partial charge is 1.00 e. The van der Waals surface area contributed by atoms with E-state index >= 15 is 0 Å². The Hall–Kier alpha value is 3.30. The van der Waals surface area contributed by atoms with Crippen molar-refractivity contribution in [3.8, 4) is 0 Å². The Labute approximate surface area is 141 Å². The molecule has 0 radical (unpaired) electrons. The number of rotatable bonds is 0. The maximum atomic E-state index is 8.88. The second kappa shape index (κ2) is 13.9. The minimum atomic E-state index is -4.64. The van der Waals surface area contributed by atoms with Crippen molar-refractivity contribution in [2.24, 2.45) is 0 Å².